The number of ether oxygens (including phenoxy) is 1. The van der Waals surface area contributed by atoms with Crippen molar-refractivity contribution < 1.29 is 19.1 Å². The summed E-state index contributed by atoms with van der Waals surface area (Å²) in [7, 11) is 1.63. The maximum absolute atomic E-state index is 12.8. The van der Waals surface area contributed by atoms with Crippen LogP contribution in [0.5, 0.6) is 0 Å². The van der Waals surface area contributed by atoms with E-state index in [9.17, 15) is 14.4 Å². The molecular weight excluding hydrogens is 404 g/mol. The summed E-state index contributed by atoms with van der Waals surface area (Å²) in [6.45, 7) is 0.289. The summed E-state index contributed by atoms with van der Waals surface area (Å²) in [5, 5.41) is 3.11. The van der Waals surface area contributed by atoms with Crippen molar-refractivity contribution in [3.63, 3.8) is 0 Å². The van der Waals surface area contributed by atoms with E-state index in [2.05, 4.69) is 5.32 Å². The van der Waals surface area contributed by atoms with Crippen LogP contribution in [0.15, 0.2) is 54.6 Å². The Morgan fingerprint density at radius 3 is 2.38 bits per heavy atom. The first kappa shape index (κ1) is 23.5. The minimum absolute atomic E-state index is 0.00833. The zero-order valence-electron chi connectivity index (χ0n) is 18.7. The van der Waals surface area contributed by atoms with Crippen molar-refractivity contribution in [3.8, 4) is 0 Å². The molecule has 0 heterocycles. The fourth-order valence-electron chi connectivity index (χ4n) is 3.98. The zero-order chi connectivity index (χ0) is 22.8. The molecule has 170 valence electrons. The van der Waals surface area contributed by atoms with Crippen molar-refractivity contribution >= 4 is 23.5 Å². The van der Waals surface area contributed by atoms with Gasteiger partial charge in [0.1, 0.15) is 0 Å². The number of rotatable bonds is 9. The van der Waals surface area contributed by atoms with Gasteiger partial charge in [-0.15, -0.1) is 0 Å². The number of para-hydroxylation sites is 1. The Morgan fingerprint density at radius 2 is 1.62 bits per heavy atom. The van der Waals surface area contributed by atoms with Crippen LogP contribution < -0.4 is 10.2 Å². The number of hydrogen-bond donors (Lipinski definition) is 1. The third-order valence-electron chi connectivity index (χ3n) is 5.86. The molecule has 1 aliphatic carbocycles. The number of benzene rings is 2. The first-order valence-electron chi connectivity index (χ1n) is 11.4. The Balaban J connectivity index is 1.49. The van der Waals surface area contributed by atoms with Gasteiger partial charge in [0.2, 0.25) is 5.91 Å². The van der Waals surface area contributed by atoms with Crippen molar-refractivity contribution in [1.82, 2.24) is 5.32 Å². The van der Waals surface area contributed by atoms with Gasteiger partial charge in [-0.05, 0) is 30.5 Å². The molecule has 2 amide bonds. The van der Waals surface area contributed by atoms with Crippen molar-refractivity contribution in [1.29, 1.82) is 0 Å². The Kier molecular flexibility index (Phi) is 8.84. The summed E-state index contributed by atoms with van der Waals surface area (Å²) in [6.07, 6.45) is 6.15. The smallest absolute Gasteiger partial charge is 0.306 e. The molecule has 0 aromatic heterocycles. The average Bonchev–Trinajstić information content (AvgIpc) is 2.83. The number of amides is 2. The molecule has 6 nitrogen and oxygen atoms in total. The second-order valence-corrected chi connectivity index (χ2v) is 8.23. The van der Waals surface area contributed by atoms with Crippen LogP contribution in [-0.2, 0) is 20.7 Å². The Hall–Kier alpha value is -3.15. The van der Waals surface area contributed by atoms with Gasteiger partial charge in [0.15, 0.2) is 0 Å². The van der Waals surface area contributed by atoms with Gasteiger partial charge >= 0.3 is 5.97 Å². The summed E-state index contributed by atoms with van der Waals surface area (Å²) in [5.41, 5.74) is 2.11. The highest BCUT2D eigenvalue weighted by atomic mass is 16.5. The monoisotopic (exact) mass is 436 g/mol. The number of anilines is 1. The van der Waals surface area contributed by atoms with Crippen molar-refractivity contribution in [2.45, 2.75) is 57.4 Å². The minimum atomic E-state index is -0.397. The molecule has 1 aliphatic rings. The molecule has 0 aliphatic heterocycles. The van der Waals surface area contributed by atoms with E-state index in [1.807, 2.05) is 30.3 Å². The molecule has 0 radical (unpaired) electrons. The topological polar surface area (TPSA) is 75.7 Å². The summed E-state index contributed by atoms with van der Waals surface area (Å²) in [4.78, 5) is 39.0. The number of nitrogens with one attached hydrogen (secondary N) is 1. The van der Waals surface area contributed by atoms with Gasteiger partial charge in [0.25, 0.3) is 5.91 Å². The first-order valence-corrected chi connectivity index (χ1v) is 11.4. The molecule has 32 heavy (non-hydrogen) atoms. The van der Waals surface area contributed by atoms with Crippen LogP contribution >= 0.6 is 0 Å². The second kappa shape index (κ2) is 12.0. The summed E-state index contributed by atoms with van der Waals surface area (Å²) in [5.74, 6) is -0.790. The lowest BCUT2D eigenvalue weighted by molar-refractivity contribution is -0.144. The zero-order valence-corrected chi connectivity index (χ0v) is 18.7. The number of nitrogens with zero attached hydrogens (tertiary/aromatic N) is 1. The molecule has 6 heteroatoms. The van der Waals surface area contributed by atoms with Crippen molar-refractivity contribution in [2.75, 3.05) is 18.6 Å². The van der Waals surface area contributed by atoms with E-state index >= 15 is 0 Å². The summed E-state index contributed by atoms with van der Waals surface area (Å²) in [6, 6.07) is 17.1. The van der Waals surface area contributed by atoms with E-state index in [1.54, 1.807) is 31.3 Å². The van der Waals surface area contributed by atoms with E-state index < -0.39 is 5.97 Å². The van der Waals surface area contributed by atoms with Crippen LogP contribution in [0.25, 0.3) is 0 Å². The molecule has 0 bridgehead atoms. The Labute approximate surface area is 189 Å². The van der Waals surface area contributed by atoms with E-state index in [0.717, 1.165) is 31.2 Å². The van der Waals surface area contributed by atoms with Gasteiger partial charge in [0.05, 0.1) is 24.3 Å². The SMILES string of the molecule is CN(C(=O)CCC(=O)OCCc1ccccc1)c1ccccc1C(=O)NC1CCCCC1. The summed E-state index contributed by atoms with van der Waals surface area (Å²) < 4.78 is 5.25. The van der Waals surface area contributed by atoms with Gasteiger partial charge in [-0.2, -0.15) is 0 Å². The molecule has 1 N–H and O–H groups in total. The molecule has 0 unspecified atom stereocenters. The van der Waals surface area contributed by atoms with Crippen LogP contribution in [0.1, 0.15) is 60.9 Å². The van der Waals surface area contributed by atoms with Crippen molar-refractivity contribution in [2.24, 2.45) is 0 Å². The fraction of sp³-hybridized carbons (Fsp3) is 0.423. The normalized spacial score (nSPS) is 13.9. The standard InChI is InChI=1S/C26H32N2O4/c1-28(24(29)16-17-25(30)32-19-18-20-10-4-2-5-11-20)23-15-9-8-14-22(23)26(31)27-21-12-6-3-7-13-21/h2,4-5,8-11,14-15,21H,3,6-7,12-13,16-19H2,1H3,(H,27,31). The van der Waals surface area contributed by atoms with Crippen LogP contribution in [0.4, 0.5) is 5.69 Å². The second-order valence-electron chi connectivity index (χ2n) is 8.23. The maximum Gasteiger partial charge on any atom is 0.306 e. The predicted octanol–water partition coefficient (Wildman–Crippen LogP) is 4.28. The molecule has 3 rings (SSSR count). The minimum Gasteiger partial charge on any atom is -0.465 e. The molecule has 1 fully saturated rings. The average molecular weight is 437 g/mol. The lowest BCUT2D eigenvalue weighted by atomic mass is 9.95. The summed E-state index contributed by atoms with van der Waals surface area (Å²) >= 11 is 0. The molecule has 0 spiro atoms. The quantitative estimate of drug-likeness (QED) is 0.596. The lowest BCUT2D eigenvalue weighted by Gasteiger charge is -2.25. The van der Waals surface area contributed by atoms with E-state index in [1.165, 1.54) is 11.3 Å². The number of carbonyl (C=O) groups is 3. The highest BCUT2D eigenvalue weighted by Crippen LogP contribution is 2.22. The maximum atomic E-state index is 12.8. The Bertz CT molecular complexity index is 907. The molecular formula is C26H32N2O4. The van der Waals surface area contributed by atoms with Crippen molar-refractivity contribution in [3.05, 3.63) is 65.7 Å². The van der Waals surface area contributed by atoms with Gasteiger partial charge in [-0.1, -0.05) is 61.7 Å². The highest BCUT2D eigenvalue weighted by Gasteiger charge is 2.22. The highest BCUT2D eigenvalue weighted by molar-refractivity contribution is 6.05. The molecule has 0 saturated heterocycles. The lowest BCUT2D eigenvalue weighted by Crippen LogP contribution is -2.37. The fourth-order valence-corrected chi connectivity index (χ4v) is 3.98. The third kappa shape index (κ3) is 6.94. The number of hydrogen-bond acceptors (Lipinski definition) is 4. The van der Waals surface area contributed by atoms with Crippen LogP contribution in [0.2, 0.25) is 0 Å². The van der Waals surface area contributed by atoms with Gasteiger partial charge in [0, 0.05) is 25.9 Å². The van der Waals surface area contributed by atoms with E-state index in [-0.39, 0.29) is 37.3 Å². The van der Waals surface area contributed by atoms with Gasteiger partial charge in [-0.3, -0.25) is 14.4 Å². The Morgan fingerprint density at radius 1 is 0.938 bits per heavy atom. The largest absolute Gasteiger partial charge is 0.465 e. The predicted molar refractivity (Wildman–Crippen MR) is 125 cm³/mol. The first-order chi connectivity index (χ1) is 15.5. The molecule has 0 atom stereocenters. The van der Waals surface area contributed by atoms with E-state index in [4.69, 9.17) is 4.74 Å². The van der Waals surface area contributed by atoms with Crippen LogP contribution in [0.3, 0.4) is 0 Å². The molecule has 2 aromatic rings. The van der Waals surface area contributed by atoms with E-state index in [0.29, 0.717) is 17.7 Å². The number of esters is 1. The van der Waals surface area contributed by atoms with Gasteiger partial charge < -0.3 is 15.0 Å². The number of carbonyl (C=O) groups excluding carboxylic acids is 3. The van der Waals surface area contributed by atoms with Crippen LogP contribution in [-0.4, -0.2) is 37.5 Å². The van der Waals surface area contributed by atoms with Gasteiger partial charge in [-0.25, -0.2) is 0 Å². The van der Waals surface area contributed by atoms with Crippen LogP contribution in [0, 0.1) is 0 Å². The molecule has 1 saturated carbocycles. The third-order valence-corrected chi connectivity index (χ3v) is 5.86. The molecule has 2 aromatic carbocycles.